The maximum absolute atomic E-state index is 12.5. The molecule has 1 aliphatic rings. The molecule has 13 heteroatoms. The van der Waals surface area contributed by atoms with Gasteiger partial charge in [0.2, 0.25) is 0 Å². The van der Waals surface area contributed by atoms with Crippen molar-refractivity contribution in [3.63, 3.8) is 0 Å². The number of azide groups is 1. The summed E-state index contributed by atoms with van der Waals surface area (Å²) in [6.07, 6.45) is -0.271. The zero-order valence-electron chi connectivity index (χ0n) is 16.1. The minimum atomic E-state index is -0.802. The van der Waals surface area contributed by atoms with Gasteiger partial charge in [-0.1, -0.05) is 41.1 Å². The second kappa shape index (κ2) is 8.88. The third-order valence-electron chi connectivity index (χ3n) is 4.80. The Labute approximate surface area is 179 Å². The molecule has 31 heavy (non-hydrogen) atoms. The van der Waals surface area contributed by atoms with Crippen molar-refractivity contribution in [1.82, 2.24) is 19.5 Å². The topological polar surface area (TPSA) is 185 Å². The third kappa shape index (κ3) is 4.31. The summed E-state index contributed by atoms with van der Waals surface area (Å²) in [5.74, 6) is 0.0847. The average molecular weight is 442 g/mol. The number of hydrogen-bond acceptors (Lipinski definition) is 10. The number of fused-ring (bicyclic) bond motifs is 1. The van der Waals surface area contributed by atoms with Crippen molar-refractivity contribution >= 4 is 40.2 Å². The van der Waals surface area contributed by atoms with Crippen molar-refractivity contribution in [2.75, 3.05) is 18.1 Å². The van der Waals surface area contributed by atoms with E-state index in [1.807, 2.05) is 0 Å². The number of carbonyl (C=O) groups is 1. The number of hydrogen-bond donors (Lipinski definition) is 3. The Kier molecular flexibility index (Phi) is 6.02. The second-order valence-electron chi connectivity index (χ2n) is 6.78. The van der Waals surface area contributed by atoms with E-state index in [0.717, 1.165) is 11.8 Å². The minimum absolute atomic E-state index is 0.0746. The Morgan fingerprint density at radius 1 is 1.39 bits per heavy atom. The van der Waals surface area contributed by atoms with Crippen molar-refractivity contribution in [3.05, 3.63) is 46.6 Å². The maximum atomic E-state index is 12.5. The number of aromatic nitrogens is 4. The van der Waals surface area contributed by atoms with Gasteiger partial charge in [0.15, 0.2) is 22.4 Å². The second-order valence-corrected chi connectivity index (χ2v) is 7.72. The lowest BCUT2D eigenvalue weighted by Crippen LogP contribution is -2.24. The van der Waals surface area contributed by atoms with Crippen LogP contribution in [0.3, 0.4) is 0 Å². The fourth-order valence-electron chi connectivity index (χ4n) is 3.22. The molecule has 160 valence electrons. The predicted octanol–water partition coefficient (Wildman–Crippen LogP) is 1.97. The monoisotopic (exact) mass is 442 g/mol. The molecule has 0 spiro atoms. The summed E-state index contributed by atoms with van der Waals surface area (Å²) in [6, 6.07) is 6.29. The van der Waals surface area contributed by atoms with E-state index in [1.54, 1.807) is 28.8 Å². The molecular formula is C18H18N8O4S. The van der Waals surface area contributed by atoms with E-state index in [1.165, 1.54) is 6.33 Å². The van der Waals surface area contributed by atoms with Gasteiger partial charge in [0, 0.05) is 22.6 Å². The van der Waals surface area contributed by atoms with Gasteiger partial charge in [-0.25, -0.2) is 15.0 Å². The van der Waals surface area contributed by atoms with Gasteiger partial charge in [-0.05, 0) is 5.53 Å². The van der Waals surface area contributed by atoms with Crippen molar-refractivity contribution in [2.24, 2.45) is 5.11 Å². The van der Waals surface area contributed by atoms with Crippen molar-refractivity contribution in [1.29, 1.82) is 0 Å². The summed E-state index contributed by atoms with van der Waals surface area (Å²) < 4.78 is 7.30. The van der Waals surface area contributed by atoms with Gasteiger partial charge in [-0.3, -0.25) is 9.36 Å². The number of anilines is 1. The highest BCUT2D eigenvalue weighted by molar-refractivity contribution is 7.99. The van der Waals surface area contributed by atoms with Crippen LogP contribution in [0.25, 0.3) is 21.6 Å². The van der Waals surface area contributed by atoms with Crippen LogP contribution in [0, 0.1) is 0 Å². The highest BCUT2D eigenvalue weighted by Gasteiger charge is 2.35. The molecule has 0 aliphatic carbocycles. The number of aliphatic hydroxyl groups excluding tert-OH is 2. The number of ether oxygens (including phenoxy) is 1. The van der Waals surface area contributed by atoms with Crippen LogP contribution < -0.4 is 5.73 Å². The fourth-order valence-corrected chi connectivity index (χ4v) is 3.96. The van der Waals surface area contributed by atoms with Crippen LogP contribution in [0.15, 0.2) is 40.9 Å². The van der Waals surface area contributed by atoms with Gasteiger partial charge in [-0.15, -0.1) is 0 Å². The van der Waals surface area contributed by atoms with Crippen molar-refractivity contribution in [3.8, 4) is 0 Å². The number of aliphatic hydroxyl groups is 2. The molecule has 1 aromatic carbocycles. The van der Waals surface area contributed by atoms with Gasteiger partial charge < -0.3 is 20.7 Å². The molecule has 3 atom stereocenters. The number of imidazole rings is 1. The largest absolute Gasteiger partial charge is 0.394 e. The summed E-state index contributed by atoms with van der Waals surface area (Å²) in [5, 5.41) is 23.1. The zero-order valence-corrected chi connectivity index (χ0v) is 16.9. The molecule has 0 radical (unpaired) electrons. The van der Waals surface area contributed by atoms with E-state index in [9.17, 15) is 15.0 Å². The number of ketones is 1. The van der Waals surface area contributed by atoms with Gasteiger partial charge in [-0.2, -0.15) is 0 Å². The Morgan fingerprint density at radius 3 is 2.84 bits per heavy atom. The van der Waals surface area contributed by atoms with Crippen LogP contribution in [0.5, 0.6) is 0 Å². The standard InChI is InChI=1S/C18H18N8O4S/c19-16-15-17(26(8-21-15)14-5-11(28)13(6-27)30-14)23-18(22-16)31-7-12(29)9-1-3-10(4-2-9)24-25-20/h1-4,8,11,13-14,27-28H,5-7H2,(H2,19,22,23)/t11-,13-,14-/m1/s1. The number of carbonyl (C=O) groups excluding carboxylic acids is 1. The van der Waals surface area contributed by atoms with Crippen LogP contribution in [0.4, 0.5) is 11.5 Å². The lowest BCUT2D eigenvalue weighted by Gasteiger charge is -2.14. The molecule has 0 unspecified atom stereocenters. The summed E-state index contributed by atoms with van der Waals surface area (Å²) >= 11 is 1.12. The number of benzene rings is 1. The van der Waals surface area contributed by atoms with E-state index in [2.05, 4.69) is 25.0 Å². The summed E-state index contributed by atoms with van der Waals surface area (Å²) in [5.41, 5.74) is 16.1. The van der Waals surface area contributed by atoms with Gasteiger partial charge in [0.05, 0.1) is 24.8 Å². The fraction of sp³-hybridized carbons (Fsp3) is 0.333. The van der Waals surface area contributed by atoms with Crippen molar-refractivity contribution in [2.45, 2.75) is 30.0 Å². The average Bonchev–Trinajstić information content (AvgIpc) is 3.36. The number of nitrogen functional groups attached to an aromatic ring is 1. The molecule has 0 amide bonds. The first-order valence-electron chi connectivity index (χ1n) is 9.25. The molecule has 0 bridgehead atoms. The van der Waals surface area contributed by atoms with Crippen LogP contribution in [0.2, 0.25) is 0 Å². The summed E-state index contributed by atoms with van der Waals surface area (Å²) in [7, 11) is 0. The molecule has 2 aromatic heterocycles. The molecule has 3 aromatic rings. The Hall–Kier alpha value is -3.22. The SMILES string of the molecule is [N-]=[N+]=Nc1ccc(C(=O)CSc2nc(N)c3ncn([C@H]4C[C@@H](O)[C@@H](CO)O4)c3n2)cc1. The highest BCUT2D eigenvalue weighted by atomic mass is 32.2. The summed E-state index contributed by atoms with van der Waals surface area (Å²) in [6.45, 7) is -0.297. The van der Waals surface area contributed by atoms with Crippen LogP contribution in [-0.4, -0.2) is 60.1 Å². The Morgan fingerprint density at radius 2 is 2.16 bits per heavy atom. The smallest absolute Gasteiger partial charge is 0.192 e. The number of nitrogens with two attached hydrogens (primary N) is 1. The zero-order chi connectivity index (χ0) is 22.0. The van der Waals surface area contributed by atoms with Crippen molar-refractivity contribution < 1.29 is 19.7 Å². The molecule has 3 heterocycles. The predicted molar refractivity (Wildman–Crippen MR) is 112 cm³/mol. The number of rotatable bonds is 7. The maximum Gasteiger partial charge on any atom is 0.192 e. The van der Waals surface area contributed by atoms with Gasteiger partial charge in [0.25, 0.3) is 0 Å². The normalized spacial score (nSPS) is 20.6. The Balaban J connectivity index is 1.52. The third-order valence-corrected chi connectivity index (χ3v) is 5.65. The molecular weight excluding hydrogens is 424 g/mol. The van der Waals surface area contributed by atoms with E-state index < -0.39 is 18.4 Å². The molecule has 1 saturated heterocycles. The van der Waals surface area contributed by atoms with Gasteiger partial charge >= 0.3 is 0 Å². The van der Waals surface area contributed by atoms with Crippen LogP contribution in [-0.2, 0) is 4.74 Å². The minimum Gasteiger partial charge on any atom is -0.394 e. The van der Waals surface area contributed by atoms with E-state index in [4.69, 9.17) is 16.0 Å². The van der Waals surface area contributed by atoms with E-state index in [0.29, 0.717) is 27.6 Å². The first kappa shape index (κ1) is 21.0. The number of thioether (sulfide) groups is 1. The molecule has 1 fully saturated rings. The highest BCUT2D eigenvalue weighted by Crippen LogP contribution is 2.32. The molecule has 12 nitrogen and oxygen atoms in total. The lowest BCUT2D eigenvalue weighted by atomic mass is 10.1. The quantitative estimate of drug-likeness (QED) is 0.123. The lowest BCUT2D eigenvalue weighted by molar-refractivity contribution is -0.0432. The molecule has 4 N–H and O–H groups in total. The Bertz CT molecular complexity index is 1160. The summed E-state index contributed by atoms with van der Waals surface area (Å²) in [4.78, 5) is 28.1. The first-order chi connectivity index (χ1) is 15.0. The molecule has 1 aliphatic heterocycles. The van der Waals surface area contributed by atoms with E-state index in [-0.39, 0.29) is 30.4 Å². The van der Waals surface area contributed by atoms with Gasteiger partial charge in [0.1, 0.15) is 17.8 Å². The molecule has 0 saturated carbocycles. The first-order valence-corrected chi connectivity index (χ1v) is 10.2. The molecule has 4 rings (SSSR count). The van der Waals surface area contributed by atoms with Crippen LogP contribution in [0.1, 0.15) is 23.0 Å². The number of nitrogens with zero attached hydrogens (tertiary/aromatic N) is 7. The van der Waals surface area contributed by atoms with E-state index >= 15 is 0 Å². The van der Waals surface area contributed by atoms with Crippen LogP contribution >= 0.6 is 11.8 Å². The number of Topliss-reactive ketones (excluding diaryl/α,β-unsaturated/α-hetero) is 1.